The Hall–Kier alpha value is -2.69. The van der Waals surface area contributed by atoms with Crippen molar-refractivity contribution in [1.29, 1.82) is 0 Å². The minimum atomic E-state index is -0.478. The van der Waals surface area contributed by atoms with E-state index in [2.05, 4.69) is 31.3 Å². The Morgan fingerprint density at radius 3 is 2.48 bits per heavy atom. The number of anilines is 1. The molecular formula is C18H20N2O3. The van der Waals surface area contributed by atoms with Crippen LogP contribution in [0.4, 0.5) is 11.4 Å². The molecule has 0 heterocycles. The molecule has 0 saturated heterocycles. The molecule has 0 bridgehead atoms. The van der Waals surface area contributed by atoms with E-state index in [0.717, 1.165) is 0 Å². The Kier molecular flexibility index (Phi) is 5.11. The Bertz CT molecular complexity index is 696. The molecule has 0 aliphatic rings. The number of nitrogens with one attached hydrogen (secondary N) is 1. The van der Waals surface area contributed by atoms with E-state index in [9.17, 15) is 14.9 Å². The monoisotopic (exact) mass is 312 g/mol. The van der Waals surface area contributed by atoms with Crippen molar-refractivity contribution in [1.82, 2.24) is 0 Å². The molecule has 0 spiro atoms. The molecule has 1 N–H and O–H groups in total. The minimum Gasteiger partial charge on any atom is -0.326 e. The van der Waals surface area contributed by atoms with Crippen molar-refractivity contribution in [2.75, 3.05) is 5.32 Å². The predicted octanol–water partition coefficient (Wildman–Crippen LogP) is 4.29. The van der Waals surface area contributed by atoms with Gasteiger partial charge in [0.1, 0.15) is 0 Å². The zero-order valence-corrected chi connectivity index (χ0v) is 13.3. The molecule has 0 fully saturated rings. The van der Waals surface area contributed by atoms with Crippen molar-refractivity contribution >= 4 is 17.3 Å². The smallest absolute Gasteiger partial charge is 0.271 e. The van der Waals surface area contributed by atoms with Gasteiger partial charge in [-0.25, -0.2) is 0 Å². The molecule has 120 valence electrons. The van der Waals surface area contributed by atoms with E-state index in [1.165, 1.54) is 17.7 Å². The van der Waals surface area contributed by atoms with Crippen LogP contribution in [0.15, 0.2) is 54.6 Å². The summed E-state index contributed by atoms with van der Waals surface area (Å²) in [4.78, 5) is 22.4. The number of nitro groups is 1. The maximum Gasteiger partial charge on any atom is 0.271 e. The molecule has 0 aromatic heterocycles. The van der Waals surface area contributed by atoms with Crippen LogP contribution in [0.3, 0.4) is 0 Å². The Morgan fingerprint density at radius 1 is 1.13 bits per heavy atom. The van der Waals surface area contributed by atoms with Gasteiger partial charge in [-0.1, -0.05) is 50.2 Å². The van der Waals surface area contributed by atoms with Gasteiger partial charge in [-0.2, -0.15) is 0 Å². The third-order valence-electron chi connectivity index (χ3n) is 3.87. The minimum absolute atomic E-state index is 0.0348. The fourth-order valence-electron chi connectivity index (χ4n) is 2.38. The second-order valence-electron chi connectivity index (χ2n) is 6.11. The first kappa shape index (κ1) is 16.7. The number of rotatable bonds is 6. The second kappa shape index (κ2) is 7.05. The highest BCUT2D eigenvalue weighted by Crippen LogP contribution is 2.28. The van der Waals surface area contributed by atoms with Crippen LogP contribution < -0.4 is 5.32 Å². The number of nitrogens with zero attached hydrogens (tertiary/aromatic N) is 1. The number of carbonyl (C=O) groups is 1. The maximum absolute atomic E-state index is 12.1. The highest BCUT2D eigenvalue weighted by atomic mass is 16.6. The van der Waals surface area contributed by atoms with Crippen LogP contribution in [-0.4, -0.2) is 10.8 Å². The molecule has 5 heteroatoms. The molecule has 2 aromatic carbocycles. The lowest BCUT2D eigenvalue weighted by atomic mass is 9.80. The zero-order valence-electron chi connectivity index (χ0n) is 13.3. The van der Waals surface area contributed by atoms with Gasteiger partial charge in [0.2, 0.25) is 5.91 Å². The summed E-state index contributed by atoms with van der Waals surface area (Å²) < 4.78 is 0. The Morgan fingerprint density at radius 2 is 1.83 bits per heavy atom. The fourth-order valence-corrected chi connectivity index (χ4v) is 2.38. The topological polar surface area (TPSA) is 72.2 Å². The number of nitro benzene ring substituents is 1. The van der Waals surface area contributed by atoms with Crippen molar-refractivity contribution in [2.45, 2.75) is 32.1 Å². The van der Waals surface area contributed by atoms with Gasteiger partial charge in [0.15, 0.2) is 0 Å². The molecule has 2 aromatic rings. The lowest BCUT2D eigenvalue weighted by molar-refractivity contribution is -0.384. The van der Waals surface area contributed by atoms with Gasteiger partial charge in [-0.05, 0) is 23.5 Å². The van der Waals surface area contributed by atoms with Crippen molar-refractivity contribution in [3.8, 4) is 0 Å². The van der Waals surface area contributed by atoms with Crippen LogP contribution >= 0.6 is 0 Å². The van der Waals surface area contributed by atoms with Gasteiger partial charge in [-0.3, -0.25) is 14.9 Å². The maximum atomic E-state index is 12.1. The normalized spacial score (nSPS) is 11.0. The summed E-state index contributed by atoms with van der Waals surface area (Å²) in [6.45, 7) is 4.20. The van der Waals surface area contributed by atoms with Crippen LogP contribution in [0.2, 0.25) is 0 Å². The number of benzene rings is 2. The molecule has 0 aliphatic heterocycles. The second-order valence-corrected chi connectivity index (χ2v) is 6.11. The lowest BCUT2D eigenvalue weighted by Crippen LogP contribution is -2.21. The zero-order chi connectivity index (χ0) is 16.9. The van der Waals surface area contributed by atoms with Gasteiger partial charge < -0.3 is 5.32 Å². The Labute approximate surface area is 135 Å². The van der Waals surface area contributed by atoms with Gasteiger partial charge in [0.25, 0.3) is 5.69 Å². The lowest BCUT2D eigenvalue weighted by Gasteiger charge is -2.25. The third kappa shape index (κ3) is 4.64. The first-order valence-corrected chi connectivity index (χ1v) is 7.48. The van der Waals surface area contributed by atoms with Crippen LogP contribution in [0.1, 0.15) is 32.3 Å². The average Bonchev–Trinajstić information content (AvgIpc) is 2.54. The highest BCUT2D eigenvalue weighted by Gasteiger charge is 2.21. The molecule has 0 atom stereocenters. The number of amides is 1. The first-order chi connectivity index (χ1) is 10.9. The quantitative estimate of drug-likeness (QED) is 0.638. The van der Waals surface area contributed by atoms with Crippen molar-refractivity contribution in [2.24, 2.45) is 0 Å². The molecule has 5 nitrogen and oxygen atoms in total. The number of hydrogen-bond acceptors (Lipinski definition) is 3. The summed E-state index contributed by atoms with van der Waals surface area (Å²) >= 11 is 0. The molecule has 0 radical (unpaired) electrons. The van der Waals surface area contributed by atoms with Crippen molar-refractivity contribution < 1.29 is 9.72 Å². The molecule has 0 saturated carbocycles. The number of non-ortho nitro benzene ring substituents is 1. The molecule has 0 aliphatic carbocycles. The molecule has 23 heavy (non-hydrogen) atoms. The van der Waals surface area contributed by atoms with E-state index in [-0.39, 0.29) is 17.0 Å². The van der Waals surface area contributed by atoms with Crippen LogP contribution in [-0.2, 0) is 10.2 Å². The summed E-state index contributed by atoms with van der Waals surface area (Å²) in [5.74, 6) is -0.144. The Balaban J connectivity index is 1.95. The summed E-state index contributed by atoms with van der Waals surface area (Å²) in [5, 5.41) is 13.5. The van der Waals surface area contributed by atoms with Gasteiger partial charge in [0.05, 0.1) is 4.92 Å². The molecule has 1 amide bonds. The van der Waals surface area contributed by atoms with E-state index < -0.39 is 4.92 Å². The third-order valence-corrected chi connectivity index (χ3v) is 3.87. The van der Waals surface area contributed by atoms with Crippen LogP contribution in [0.5, 0.6) is 0 Å². The SMILES string of the molecule is CC(C)(CCC(=O)Nc1cccc([N+](=O)[O-])c1)c1ccccc1. The fraction of sp³-hybridized carbons (Fsp3) is 0.278. The molecular weight excluding hydrogens is 292 g/mol. The van der Waals surface area contributed by atoms with Crippen molar-refractivity contribution in [3.05, 3.63) is 70.3 Å². The molecule has 2 rings (SSSR count). The van der Waals surface area contributed by atoms with E-state index in [4.69, 9.17) is 0 Å². The van der Waals surface area contributed by atoms with E-state index in [1.807, 2.05) is 18.2 Å². The summed E-state index contributed by atoms with van der Waals surface area (Å²) in [6, 6.07) is 16.0. The number of carbonyl (C=O) groups excluding carboxylic acids is 1. The van der Waals surface area contributed by atoms with Crippen LogP contribution in [0.25, 0.3) is 0 Å². The summed E-state index contributed by atoms with van der Waals surface area (Å²) in [7, 11) is 0. The van der Waals surface area contributed by atoms with E-state index in [0.29, 0.717) is 18.5 Å². The van der Waals surface area contributed by atoms with Gasteiger partial charge in [-0.15, -0.1) is 0 Å². The van der Waals surface area contributed by atoms with Gasteiger partial charge in [0, 0.05) is 24.2 Å². The van der Waals surface area contributed by atoms with E-state index in [1.54, 1.807) is 12.1 Å². The van der Waals surface area contributed by atoms with E-state index >= 15 is 0 Å². The summed E-state index contributed by atoms with van der Waals surface area (Å²) in [6.07, 6.45) is 1.04. The molecule has 0 unspecified atom stereocenters. The van der Waals surface area contributed by atoms with Gasteiger partial charge >= 0.3 is 0 Å². The van der Waals surface area contributed by atoms with Crippen LogP contribution in [0, 0.1) is 10.1 Å². The van der Waals surface area contributed by atoms with Crippen molar-refractivity contribution in [3.63, 3.8) is 0 Å². The standard InChI is InChI=1S/C18H20N2O3/c1-18(2,14-7-4-3-5-8-14)12-11-17(21)19-15-9-6-10-16(13-15)20(22)23/h3-10,13H,11-12H2,1-2H3,(H,19,21). The summed E-state index contributed by atoms with van der Waals surface area (Å²) in [5.41, 5.74) is 1.48. The highest BCUT2D eigenvalue weighted by molar-refractivity contribution is 5.91. The predicted molar refractivity (Wildman–Crippen MR) is 90.4 cm³/mol. The average molecular weight is 312 g/mol. The largest absolute Gasteiger partial charge is 0.326 e. The number of hydrogen-bond donors (Lipinski definition) is 1. The first-order valence-electron chi connectivity index (χ1n) is 7.48.